The molecule has 27 heavy (non-hydrogen) atoms. The van der Waals surface area contributed by atoms with Crippen LogP contribution in [-0.2, 0) is 25.5 Å². The standard InChI is InChI=1S/C18H25F2N3O4/c1-11(17(25)23-15(18(26)27-2)5-3-4-6-21)22-16(24)9-12-7-13(19)10-14(20)8-12/h7-8,10-11,15H,3-6,9,21H2,1-2H3,(H,22,24)(H,23,25)/t11-,15-/m0/s1. The van der Waals surface area contributed by atoms with Crippen molar-refractivity contribution in [2.75, 3.05) is 13.7 Å². The third-order valence-corrected chi connectivity index (χ3v) is 3.81. The van der Waals surface area contributed by atoms with Gasteiger partial charge in [0.25, 0.3) is 0 Å². The zero-order valence-electron chi connectivity index (χ0n) is 15.4. The number of carbonyl (C=O) groups is 3. The van der Waals surface area contributed by atoms with E-state index in [2.05, 4.69) is 15.4 Å². The quantitative estimate of drug-likeness (QED) is 0.408. The summed E-state index contributed by atoms with van der Waals surface area (Å²) < 4.78 is 31.0. The fourth-order valence-electron chi connectivity index (χ4n) is 2.44. The normalized spacial score (nSPS) is 12.8. The average Bonchev–Trinajstić information content (AvgIpc) is 2.59. The minimum absolute atomic E-state index is 0.145. The lowest BCUT2D eigenvalue weighted by Gasteiger charge is -2.20. The second kappa shape index (κ2) is 11.2. The summed E-state index contributed by atoms with van der Waals surface area (Å²) in [5.74, 6) is -3.32. The summed E-state index contributed by atoms with van der Waals surface area (Å²) in [6, 6.07) is 0.994. The lowest BCUT2D eigenvalue weighted by molar-refractivity contribution is -0.145. The predicted octanol–water partition coefficient (Wildman–Crippen LogP) is 0.799. The van der Waals surface area contributed by atoms with E-state index in [1.807, 2.05) is 0 Å². The zero-order chi connectivity index (χ0) is 20.4. The molecule has 0 aliphatic heterocycles. The van der Waals surface area contributed by atoms with E-state index in [0.717, 1.165) is 12.1 Å². The highest BCUT2D eigenvalue weighted by Gasteiger charge is 2.24. The van der Waals surface area contributed by atoms with Crippen molar-refractivity contribution in [2.45, 2.75) is 44.7 Å². The lowest BCUT2D eigenvalue weighted by atomic mass is 10.1. The Hall–Kier alpha value is -2.55. The molecule has 0 fully saturated rings. The van der Waals surface area contributed by atoms with Gasteiger partial charge in [-0.05, 0) is 50.4 Å². The molecule has 1 rings (SSSR count). The summed E-state index contributed by atoms with van der Waals surface area (Å²) >= 11 is 0. The van der Waals surface area contributed by atoms with Crippen LogP contribution in [0.15, 0.2) is 18.2 Å². The number of esters is 1. The van der Waals surface area contributed by atoms with Crippen LogP contribution in [0.3, 0.4) is 0 Å². The summed E-state index contributed by atoms with van der Waals surface area (Å²) in [4.78, 5) is 36.0. The molecule has 0 aliphatic rings. The molecular formula is C18H25F2N3O4. The number of halogens is 2. The number of rotatable bonds is 10. The Morgan fingerprint density at radius 2 is 1.74 bits per heavy atom. The maximum Gasteiger partial charge on any atom is 0.328 e. The molecular weight excluding hydrogens is 360 g/mol. The molecule has 0 bridgehead atoms. The molecule has 150 valence electrons. The summed E-state index contributed by atoms with van der Waals surface area (Å²) in [5.41, 5.74) is 5.56. The van der Waals surface area contributed by atoms with E-state index in [1.54, 1.807) is 0 Å². The van der Waals surface area contributed by atoms with Crippen LogP contribution in [0.2, 0.25) is 0 Å². The van der Waals surface area contributed by atoms with E-state index in [1.165, 1.54) is 14.0 Å². The lowest BCUT2D eigenvalue weighted by Crippen LogP contribution is -2.50. The monoisotopic (exact) mass is 385 g/mol. The topological polar surface area (TPSA) is 111 Å². The number of hydrogen-bond acceptors (Lipinski definition) is 5. The molecule has 4 N–H and O–H groups in total. The van der Waals surface area contributed by atoms with Gasteiger partial charge in [-0.1, -0.05) is 0 Å². The van der Waals surface area contributed by atoms with Gasteiger partial charge in [0.05, 0.1) is 13.5 Å². The van der Waals surface area contributed by atoms with Gasteiger partial charge in [0, 0.05) is 6.07 Å². The number of benzene rings is 1. The van der Waals surface area contributed by atoms with Gasteiger partial charge in [0.15, 0.2) is 0 Å². The van der Waals surface area contributed by atoms with Crippen LogP contribution >= 0.6 is 0 Å². The maximum atomic E-state index is 13.2. The van der Waals surface area contributed by atoms with E-state index >= 15 is 0 Å². The molecule has 0 spiro atoms. The predicted molar refractivity (Wildman–Crippen MR) is 94.5 cm³/mol. The minimum atomic E-state index is -0.947. The van der Waals surface area contributed by atoms with Crippen molar-refractivity contribution in [3.05, 3.63) is 35.4 Å². The Morgan fingerprint density at radius 3 is 2.30 bits per heavy atom. The molecule has 7 nitrogen and oxygen atoms in total. The average molecular weight is 385 g/mol. The van der Waals surface area contributed by atoms with E-state index in [9.17, 15) is 23.2 Å². The number of carbonyl (C=O) groups excluding carboxylic acids is 3. The highest BCUT2D eigenvalue weighted by atomic mass is 19.1. The van der Waals surface area contributed by atoms with Gasteiger partial charge in [0.1, 0.15) is 23.7 Å². The third kappa shape index (κ3) is 8.12. The molecule has 0 aromatic heterocycles. The van der Waals surface area contributed by atoms with Crippen molar-refractivity contribution in [1.29, 1.82) is 0 Å². The van der Waals surface area contributed by atoms with Crippen LogP contribution in [-0.4, -0.2) is 43.5 Å². The first-order chi connectivity index (χ1) is 12.8. The van der Waals surface area contributed by atoms with Crippen molar-refractivity contribution in [1.82, 2.24) is 10.6 Å². The Labute approximate surface area is 156 Å². The fraction of sp³-hybridized carbons (Fsp3) is 0.500. The molecule has 1 aromatic rings. The molecule has 0 heterocycles. The second-order valence-electron chi connectivity index (χ2n) is 6.11. The maximum absolute atomic E-state index is 13.2. The Bertz CT molecular complexity index is 650. The number of ether oxygens (including phenoxy) is 1. The largest absolute Gasteiger partial charge is 0.467 e. The molecule has 0 aliphatic carbocycles. The number of hydrogen-bond donors (Lipinski definition) is 3. The van der Waals surface area contributed by atoms with Crippen LogP contribution in [0.25, 0.3) is 0 Å². The molecule has 9 heteroatoms. The Morgan fingerprint density at radius 1 is 1.11 bits per heavy atom. The van der Waals surface area contributed by atoms with Crippen LogP contribution < -0.4 is 16.4 Å². The van der Waals surface area contributed by atoms with Crippen LogP contribution in [0, 0.1) is 11.6 Å². The molecule has 1 aromatic carbocycles. The van der Waals surface area contributed by atoms with E-state index < -0.39 is 41.5 Å². The van der Waals surface area contributed by atoms with Gasteiger partial charge in [-0.15, -0.1) is 0 Å². The molecule has 2 amide bonds. The third-order valence-electron chi connectivity index (χ3n) is 3.81. The van der Waals surface area contributed by atoms with Crippen molar-refractivity contribution in [2.24, 2.45) is 5.73 Å². The fourth-order valence-corrected chi connectivity index (χ4v) is 2.44. The molecule has 0 saturated heterocycles. The van der Waals surface area contributed by atoms with Gasteiger partial charge in [0.2, 0.25) is 11.8 Å². The number of amides is 2. The molecule has 2 atom stereocenters. The van der Waals surface area contributed by atoms with Crippen molar-refractivity contribution < 1.29 is 27.9 Å². The SMILES string of the molecule is COC(=O)[C@H](CCCCN)NC(=O)[C@H](C)NC(=O)Cc1cc(F)cc(F)c1. The van der Waals surface area contributed by atoms with Crippen LogP contribution in [0.4, 0.5) is 8.78 Å². The van der Waals surface area contributed by atoms with Gasteiger partial charge in [-0.2, -0.15) is 0 Å². The van der Waals surface area contributed by atoms with Gasteiger partial charge >= 0.3 is 5.97 Å². The van der Waals surface area contributed by atoms with Gasteiger partial charge in [-0.3, -0.25) is 9.59 Å². The van der Waals surface area contributed by atoms with E-state index in [4.69, 9.17) is 5.73 Å². The highest BCUT2D eigenvalue weighted by molar-refractivity contribution is 5.90. The Kier molecular flexibility index (Phi) is 9.35. The van der Waals surface area contributed by atoms with Crippen molar-refractivity contribution in [3.8, 4) is 0 Å². The number of nitrogens with one attached hydrogen (secondary N) is 2. The molecule has 0 unspecified atom stereocenters. The van der Waals surface area contributed by atoms with Crippen molar-refractivity contribution in [3.63, 3.8) is 0 Å². The zero-order valence-corrected chi connectivity index (χ0v) is 15.4. The van der Waals surface area contributed by atoms with Crippen molar-refractivity contribution >= 4 is 17.8 Å². The second-order valence-corrected chi connectivity index (χ2v) is 6.11. The summed E-state index contributed by atoms with van der Waals surface area (Å²) in [5, 5.41) is 4.95. The summed E-state index contributed by atoms with van der Waals surface area (Å²) in [7, 11) is 1.22. The molecule has 0 saturated carbocycles. The number of methoxy groups -OCH3 is 1. The summed E-state index contributed by atoms with van der Waals surface area (Å²) in [6.07, 6.45) is 1.39. The van der Waals surface area contributed by atoms with E-state index in [0.29, 0.717) is 31.9 Å². The Balaban J connectivity index is 2.60. The van der Waals surface area contributed by atoms with Gasteiger partial charge in [-0.25, -0.2) is 13.6 Å². The number of unbranched alkanes of at least 4 members (excludes halogenated alkanes) is 1. The first kappa shape index (κ1) is 22.5. The smallest absolute Gasteiger partial charge is 0.328 e. The van der Waals surface area contributed by atoms with Gasteiger partial charge < -0.3 is 21.1 Å². The summed E-state index contributed by atoms with van der Waals surface area (Å²) in [6.45, 7) is 1.91. The first-order valence-electron chi connectivity index (χ1n) is 8.59. The van der Waals surface area contributed by atoms with Crippen LogP contribution in [0.5, 0.6) is 0 Å². The van der Waals surface area contributed by atoms with Crippen LogP contribution in [0.1, 0.15) is 31.7 Å². The highest BCUT2D eigenvalue weighted by Crippen LogP contribution is 2.09. The first-order valence-corrected chi connectivity index (χ1v) is 8.59. The minimum Gasteiger partial charge on any atom is -0.467 e. The molecule has 0 radical (unpaired) electrons. The van der Waals surface area contributed by atoms with E-state index in [-0.39, 0.29) is 12.0 Å². The number of nitrogens with two attached hydrogens (primary N) is 1.